The average molecular weight is 371 g/mol. The molecule has 7 heteroatoms. The molecular formula is C21H21N7. The SMILES string of the molecule is Cc1nc(Nc2ccc(C#N)cc2)cc(N2CCN(c3ccccn3)CC2)n1. The number of rotatable bonds is 4. The predicted molar refractivity (Wildman–Crippen MR) is 110 cm³/mol. The molecule has 2 aromatic heterocycles. The Balaban J connectivity index is 1.46. The van der Waals surface area contributed by atoms with Crippen molar-refractivity contribution in [2.24, 2.45) is 0 Å². The number of hydrogen-bond donors (Lipinski definition) is 1. The van der Waals surface area contributed by atoms with Crippen molar-refractivity contribution in [2.75, 3.05) is 41.3 Å². The van der Waals surface area contributed by atoms with Gasteiger partial charge in [-0.2, -0.15) is 5.26 Å². The Morgan fingerprint density at radius 3 is 2.29 bits per heavy atom. The molecule has 1 aliphatic heterocycles. The Morgan fingerprint density at radius 1 is 0.929 bits per heavy atom. The largest absolute Gasteiger partial charge is 0.353 e. The van der Waals surface area contributed by atoms with Gasteiger partial charge in [0.2, 0.25) is 0 Å². The molecule has 3 aromatic rings. The minimum absolute atomic E-state index is 0.635. The van der Waals surface area contributed by atoms with Crippen molar-refractivity contribution in [3.63, 3.8) is 0 Å². The summed E-state index contributed by atoms with van der Waals surface area (Å²) >= 11 is 0. The van der Waals surface area contributed by atoms with Crippen LogP contribution in [0.5, 0.6) is 0 Å². The molecule has 1 aliphatic rings. The topological polar surface area (TPSA) is 81.0 Å². The zero-order valence-electron chi connectivity index (χ0n) is 15.7. The lowest BCUT2D eigenvalue weighted by Gasteiger charge is -2.36. The lowest BCUT2D eigenvalue weighted by Crippen LogP contribution is -2.47. The third-order valence-corrected chi connectivity index (χ3v) is 4.69. The minimum Gasteiger partial charge on any atom is -0.353 e. The maximum Gasteiger partial charge on any atom is 0.136 e. The van der Waals surface area contributed by atoms with Crippen LogP contribution in [0.3, 0.4) is 0 Å². The molecule has 0 atom stereocenters. The van der Waals surface area contributed by atoms with Gasteiger partial charge in [0.1, 0.15) is 23.3 Å². The van der Waals surface area contributed by atoms with Gasteiger partial charge >= 0.3 is 0 Å². The van der Waals surface area contributed by atoms with E-state index < -0.39 is 0 Å². The van der Waals surface area contributed by atoms with Crippen molar-refractivity contribution >= 4 is 23.1 Å². The first kappa shape index (κ1) is 17.7. The fourth-order valence-electron chi connectivity index (χ4n) is 3.26. The first-order chi connectivity index (χ1) is 13.7. The fraction of sp³-hybridized carbons (Fsp3) is 0.238. The fourth-order valence-corrected chi connectivity index (χ4v) is 3.26. The molecule has 0 spiro atoms. The maximum atomic E-state index is 8.92. The maximum absolute atomic E-state index is 8.92. The number of hydrogen-bond acceptors (Lipinski definition) is 7. The lowest BCUT2D eigenvalue weighted by atomic mass is 10.2. The van der Waals surface area contributed by atoms with Crippen molar-refractivity contribution < 1.29 is 0 Å². The van der Waals surface area contributed by atoms with Gasteiger partial charge in [-0.15, -0.1) is 0 Å². The molecule has 0 radical (unpaired) electrons. The zero-order chi connectivity index (χ0) is 19.3. The summed E-state index contributed by atoms with van der Waals surface area (Å²) in [6.45, 7) is 5.46. The summed E-state index contributed by atoms with van der Waals surface area (Å²) < 4.78 is 0. The predicted octanol–water partition coefficient (Wildman–Crippen LogP) is 3.12. The summed E-state index contributed by atoms with van der Waals surface area (Å²) in [4.78, 5) is 18.1. The molecule has 0 saturated carbocycles. The van der Waals surface area contributed by atoms with E-state index in [4.69, 9.17) is 5.26 Å². The highest BCUT2D eigenvalue weighted by Crippen LogP contribution is 2.22. The smallest absolute Gasteiger partial charge is 0.136 e. The van der Waals surface area contributed by atoms with Gasteiger partial charge in [-0.05, 0) is 43.3 Å². The van der Waals surface area contributed by atoms with Crippen LogP contribution in [0, 0.1) is 18.3 Å². The molecule has 28 heavy (non-hydrogen) atoms. The van der Waals surface area contributed by atoms with E-state index in [2.05, 4.69) is 36.1 Å². The van der Waals surface area contributed by atoms with Crippen molar-refractivity contribution in [3.8, 4) is 6.07 Å². The summed E-state index contributed by atoms with van der Waals surface area (Å²) in [6, 6.07) is 17.4. The molecule has 1 aromatic carbocycles. The number of aromatic nitrogens is 3. The molecule has 0 unspecified atom stereocenters. The highest BCUT2D eigenvalue weighted by molar-refractivity contribution is 5.61. The van der Waals surface area contributed by atoms with Crippen LogP contribution in [0.15, 0.2) is 54.7 Å². The summed E-state index contributed by atoms with van der Waals surface area (Å²) in [5.41, 5.74) is 1.53. The second kappa shape index (κ2) is 7.92. The van der Waals surface area contributed by atoms with Gasteiger partial charge in [0, 0.05) is 44.1 Å². The number of piperazine rings is 1. The Hall–Kier alpha value is -3.66. The van der Waals surface area contributed by atoms with Gasteiger partial charge in [0.25, 0.3) is 0 Å². The second-order valence-electron chi connectivity index (χ2n) is 6.63. The number of nitrogens with one attached hydrogen (secondary N) is 1. The number of aryl methyl sites for hydroxylation is 1. The van der Waals surface area contributed by atoms with Crippen LogP contribution in [0.1, 0.15) is 11.4 Å². The van der Waals surface area contributed by atoms with Crippen LogP contribution in [-0.2, 0) is 0 Å². The van der Waals surface area contributed by atoms with E-state index >= 15 is 0 Å². The van der Waals surface area contributed by atoms with E-state index in [-0.39, 0.29) is 0 Å². The second-order valence-corrected chi connectivity index (χ2v) is 6.63. The van der Waals surface area contributed by atoms with E-state index in [0.717, 1.165) is 55.1 Å². The Labute approximate surface area is 164 Å². The molecule has 1 fully saturated rings. The number of pyridine rings is 1. The highest BCUT2D eigenvalue weighted by Gasteiger charge is 2.19. The van der Waals surface area contributed by atoms with Gasteiger partial charge in [-0.1, -0.05) is 6.07 Å². The molecule has 3 heterocycles. The third kappa shape index (κ3) is 4.01. The molecule has 1 N–H and O–H groups in total. The van der Waals surface area contributed by atoms with Gasteiger partial charge < -0.3 is 15.1 Å². The van der Waals surface area contributed by atoms with E-state index in [1.807, 2.05) is 49.5 Å². The van der Waals surface area contributed by atoms with Crippen LogP contribution in [0.4, 0.5) is 23.1 Å². The number of nitrogens with zero attached hydrogens (tertiary/aromatic N) is 6. The molecule has 0 amide bonds. The zero-order valence-corrected chi connectivity index (χ0v) is 15.7. The van der Waals surface area contributed by atoms with Crippen LogP contribution in [-0.4, -0.2) is 41.1 Å². The number of nitriles is 1. The first-order valence-corrected chi connectivity index (χ1v) is 9.25. The van der Waals surface area contributed by atoms with E-state index in [1.54, 1.807) is 12.1 Å². The Kier molecular flexibility index (Phi) is 5.02. The average Bonchev–Trinajstić information content (AvgIpc) is 2.75. The summed E-state index contributed by atoms with van der Waals surface area (Å²) in [6.07, 6.45) is 1.83. The molecule has 0 aliphatic carbocycles. The van der Waals surface area contributed by atoms with E-state index in [0.29, 0.717) is 5.56 Å². The van der Waals surface area contributed by atoms with E-state index in [9.17, 15) is 0 Å². The van der Waals surface area contributed by atoms with Crippen LogP contribution < -0.4 is 15.1 Å². The number of benzene rings is 1. The van der Waals surface area contributed by atoms with Crippen molar-refractivity contribution in [3.05, 3.63) is 66.1 Å². The van der Waals surface area contributed by atoms with Crippen LogP contribution in [0.25, 0.3) is 0 Å². The van der Waals surface area contributed by atoms with Gasteiger partial charge in [0.05, 0.1) is 11.6 Å². The lowest BCUT2D eigenvalue weighted by molar-refractivity contribution is 0.640. The minimum atomic E-state index is 0.635. The van der Waals surface area contributed by atoms with E-state index in [1.165, 1.54) is 0 Å². The van der Waals surface area contributed by atoms with Crippen molar-refractivity contribution in [1.29, 1.82) is 5.26 Å². The van der Waals surface area contributed by atoms with Crippen molar-refractivity contribution in [1.82, 2.24) is 15.0 Å². The van der Waals surface area contributed by atoms with Crippen LogP contribution in [0.2, 0.25) is 0 Å². The molecule has 0 bridgehead atoms. The number of anilines is 4. The molecule has 140 valence electrons. The summed E-state index contributed by atoms with van der Waals surface area (Å²) in [5, 5.41) is 12.2. The molecule has 7 nitrogen and oxygen atoms in total. The molecular weight excluding hydrogens is 350 g/mol. The third-order valence-electron chi connectivity index (χ3n) is 4.69. The van der Waals surface area contributed by atoms with Crippen LogP contribution >= 0.6 is 0 Å². The molecule has 1 saturated heterocycles. The summed E-state index contributed by atoms with van der Waals surface area (Å²) in [7, 11) is 0. The summed E-state index contributed by atoms with van der Waals surface area (Å²) in [5.74, 6) is 3.41. The quantitative estimate of drug-likeness (QED) is 0.754. The van der Waals surface area contributed by atoms with Crippen molar-refractivity contribution in [2.45, 2.75) is 6.92 Å². The normalized spacial score (nSPS) is 13.9. The Morgan fingerprint density at radius 2 is 1.64 bits per heavy atom. The van der Waals surface area contributed by atoms with Gasteiger partial charge in [-0.3, -0.25) is 0 Å². The highest BCUT2D eigenvalue weighted by atomic mass is 15.3. The standard InChI is InChI=1S/C21H21N7/c1-16-24-19(26-18-7-5-17(15-22)6-8-18)14-21(25-16)28-12-10-27(11-13-28)20-4-2-3-9-23-20/h2-9,14H,10-13H2,1H3,(H,24,25,26). The molecule has 4 rings (SSSR count). The monoisotopic (exact) mass is 371 g/mol. The Bertz CT molecular complexity index is 972. The first-order valence-electron chi connectivity index (χ1n) is 9.25. The van der Waals surface area contributed by atoms with Gasteiger partial charge in [-0.25, -0.2) is 15.0 Å². The van der Waals surface area contributed by atoms with Gasteiger partial charge in [0.15, 0.2) is 0 Å².